The fraction of sp³-hybridized carbons (Fsp3) is 0.736. The molecule has 6 heterocycles. The normalized spacial score (nSPS) is 20.0. The van der Waals surface area contributed by atoms with E-state index in [4.69, 9.17) is 83.7 Å². The lowest BCUT2D eigenvalue weighted by Gasteiger charge is -2.34. The zero-order valence-corrected chi connectivity index (χ0v) is 81.7. The van der Waals surface area contributed by atoms with Gasteiger partial charge in [0.25, 0.3) is 0 Å². The van der Waals surface area contributed by atoms with Crippen LogP contribution in [-0.4, -0.2) is 353 Å². The third-order valence-electron chi connectivity index (χ3n) is 25.8. The van der Waals surface area contributed by atoms with Gasteiger partial charge in [0.15, 0.2) is 41.7 Å². The highest BCUT2D eigenvalue weighted by Gasteiger charge is 2.49. The van der Waals surface area contributed by atoms with Crippen LogP contribution in [0, 0.1) is 49.7 Å². The third-order valence-corrected chi connectivity index (χ3v) is 25.8. The van der Waals surface area contributed by atoms with E-state index in [1.165, 1.54) is 36.3 Å². The standard InChI is InChI=1S/C87H155N37O17/c1-6-48(4)64(118-67(127)52(22-9-35-105-83(93)94)111-65(125)50(88)20-7-33-103-81(89)90)73(133)110-49(5)74(134)119-40-14-27-58(119)69(129)115-55(25-12-38-108-86(99)100)77(137)124-45-19-32-63(124)79(139)123-44-18-31-62(123)68(128)112-51(21-8-34-104-82(91)92)66(126)117-57(46-47(2)3)78(138)122-43-17-29-60(122)71(131)114-53(23-10-36-106-84(95)96)75(135)120-41-15-28-59(120)70(130)113-54(24-11-37-107-85(97)98)76(136)121-42-16-30-61(121)72(132)116-56(80(140)141)26-13-39-109-87(101)102/h47-64H,6-46,88H2,1-5H3,(H,110,133)(H,111,125)(H,112,128)(H,113,130)(H,114,131)(H,115,129)(H,116,132)(H,117,126)(H,118,127)(H,140,141)(H4,89,90,103)(H4,91,92,104)(H4,93,94,105)(H4,95,96,106)(H4,97,98,107)(H4,99,100,108)(H4,101,102,109)/t48-,49-,50-,51-,52-,53-,54-,55-,56-,57-,58-,59-,60-,61-,62-,63-,64-/m0/s1. The van der Waals surface area contributed by atoms with E-state index in [-0.39, 0.29) is 261 Å². The summed E-state index contributed by atoms with van der Waals surface area (Å²) in [4.78, 5) is 240. The van der Waals surface area contributed by atoms with Crippen molar-refractivity contribution in [3.05, 3.63) is 0 Å². The SMILES string of the molecule is CC[C@H](C)[C@H](NC(=O)[C@H](CCCNC(=N)N)NC(=O)[C@@H](N)CCCNC(=N)N)C(=O)N[C@@H](C)C(=O)N1CCC[C@H]1C(=O)N[C@@H](CCCNC(=N)N)C(=O)N1CCC[C@H]1C(=O)N1CCC[C@H]1C(=O)N[C@@H](CCCNC(=N)N)C(=O)N[C@@H](CC(C)C)C(=O)N1CCC[C@H]1C(=O)N[C@@H](CCCNC(=N)N)C(=O)N1CCC[C@H]1C(=O)N[C@@H](CCCNC(=N)N)C(=O)N1CCC[C@H]1C(=O)N[C@@H](CCCNC(=N)N)C(=O)O. The van der Waals surface area contributed by atoms with Gasteiger partial charge in [-0.05, 0) is 192 Å². The Balaban J connectivity index is 1.16. The number of carbonyl (C=O) groups excluding carboxylic acids is 15. The summed E-state index contributed by atoms with van der Waals surface area (Å²) in [6, 6.07) is -20.0. The highest BCUT2D eigenvalue weighted by molar-refractivity contribution is 6.02. The molecule has 0 unspecified atom stereocenters. The third kappa shape index (κ3) is 37.2. The summed E-state index contributed by atoms with van der Waals surface area (Å²) in [6.07, 6.45) is 4.38. The van der Waals surface area contributed by atoms with Crippen LogP contribution in [-0.2, 0) is 76.7 Å². The average molecular weight is 1990 g/mol. The predicted octanol–water partition coefficient (Wildman–Crippen LogP) is -8.34. The van der Waals surface area contributed by atoms with Crippen molar-refractivity contribution in [2.24, 2.45) is 57.7 Å². The number of aliphatic carboxylic acids is 1. The van der Waals surface area contributed by atoms with E-state index < -0.39 is 197 Å². The molecule has 0 bridgehead atoms. The number of nitrogens with zero attached hydrogens (tertiary/aromatic N) is 6. The fourth-order valence-corrected chi connectivity index (χ4v) is 18.4. The van der Waals surface area contributed by atoms with Gasteiger partial charge >= 0.3 is 5.97 Å². The van der Waals surface area contributed by atoms with E-state index in [0.29, 0.717) is 51.4 Å². The Labute approximate surface area is 820 Å². The summed E-state index contributed by atoms with van der Waals surface area (Å²) in [5.74, 6) is -15.2. The van der Waals surface area contributed by atoms with Crippen molar-refractivity contribution in [3.8, 4) is 0 Å². The molecule has 0 aliphatic carbocycles. The number of carboxylic acid groups (broad SMARTS) is 1. The number of carbonyl (C=O) groups is 16. The minimum absolute atomic E-state index is 0.0178. The fourth-order valence-electron chi connectivity index (χ4n) is 18.4. The van der Waals surface area contributed by atoms with Gasteiger partial charge in [0.2, 0.25) is 88.6 Å². The number of nitrogens with one attached hydrogen (secondary N) is 23. The molecule has 54 nitrogen and oxygen atoms in total. The molecule has 6 saturated heterocycles. The van der Waals surface area contributed by atoms with Gasteiger partial charge in [0, 0.05) is 85.1 Å². The molecule has 6 aliphatic heterocycles. The molecule has 0 spiro atoms. The van der Waals surface area contributed by atoms with E-state index >= 15 is 24.0 Å². The minimum atomic E-state index is -1.41. The van der Waals surface area contributed by atoms with Gasteiger partial charge in [-0.25, -0.2) is 4.79 Å². The second-order valence-corrected chi connectivity index (χ2v) is 37.1. The molecule has 6 rings (SSSR count). The highest BCUT2D eigenvalue weighted by atomic mass is 16.4. The highest BCUT2D eigenvalue weighted by Crippen LogP contribution is 2.30. The van der Waals surface area contributed by atoms with Crippen LogP contribution in [0.4, 0.5) is 0 Å². The molecular weight excluding hydrogens is 1840 g/mol. The molecule has 17 atom stereocenters. The van der Waals surface area contributed by atoms with E-state index in [2.05, 4.69) is 85.1 Å². The number of likely N-dealkylation sites (tertiary alicyclic amines) is 6. The Kier molecular flexibility index (Phi) is 48.1. The molecule has 15 amide bonds. The second-order valence-electron chi connectivity index (χ2n) is 37.1. The van der Waals surface area contributed by atoms with Crippen LogP contribution in [0.3, 0.4) is 0 Å². The summed E-state index contributed by atoms with van der Waals surface area (Å²) in [5.41, 5.74) is 44.8. The van der Waals surface area contributed by atoms with Gasteiger partial charge in [-0.1, -0.05) is 34.1 Å². The number of nitrogens with two attached hydrogens (primary N) is 8. The Bertz CT molecular complexity index is 4390. The molecule has 40 N–H and O–H groups in total. The Morgan fingerprint density at radius 3 is 0.887 bits per heavy atom. The molecule has 6 fully saturated rings. The lowest BCUT2D eigenvalue weighted by atomic mass is 9.97. The summed E-state index contributed by atoms with van der Waals surface area (Å²) < 4.78 is 0. The van der Waals surface area contributed by atoms with Gasteiger partial charge in [0.1, 0.15) is 90.6 Å². The average Bonchev–Trinajstić information content (AvgIpc) is 1.67. The van der Waals surface area contributed by atoms with E-state index in [9.17, 15) is 57.8 Å². The van der Waals surface area contributed by atoms with Crippen molar-refractivity contribution < 1.29 is 81.8 Å². The van der Waals surface area contributed by atoms with E-state index in [0.717, 1.165) is 0 Å². The van der Waals surface area contributed by atoms with Crippen molar-refractivity contribution in [2.45, 2.75) is 311 Å². The molecule has 0 aromatic heterocycles. The summed E-state index contributed by atoms with van der Waals surface area (Å²) in [7, 11) is 0. The zero-order chi connectivity index (χ0) is 104. The number of rotatable bonds is 57. The van der Waals surface area contributed by atoms with Crippen LogP contribution in [0.25, 0.3) is 0 Å². The Hall–Kier alpha value is -13.6. The molecule has 141 heavy (non-hydrogen) atoms. The number of hydrogen-bond acceptors (Lipinski definition) is 24. The maximum Gasteiger partial charge on any atom is 0.326 e. The molecule has 790 valence electrons. The van der Waals surface area contributed by atoms with Crippen LogP contribution in [0.2, 0.25) is 0 Å². The molecular formula is C87H155N37O17. The van der Waals surface area contributed by atoms with E-state index in [1.54, 1.807) is 27.7 Å². The molecule has 0 saturated carbocycles. The van der Waals surface area contributed by atoms with Gasteiger partial charge in [-0.2, -0.15) is 0 Å². The Morgan fingerprint density at radius 2 is 0.560 bits per heavy atom. The molecule has 0 aromatic rings. The van der Waals surface area contributed by atoms with Gasteiger partial charge in [-0.3, -0.25) is 110 Å². The number of hydrogen-bond donors (Lipinski definition) is 32. The lowest BCUT2D eigenvalue weighted by Crippen LogP contribution is -2.60. The first kappa shape index (κ1) is 116. The first-order valence-corrected chi connectivity index (χ1v) is 49.0. The monoisotopic (exact) mass is 1990 g/mol. The summed E-state index contributed by atoms with van der Waals surface area (Å²) in [6.45, 7) is 9.68. The van der Waals surface area contributed by atoms with E-state index in [1.807, 2.05) is 0 Å². The quantitative estimate of drug-likeness (QED) is 0.0153. The zero-order valence-electron chi connectivity index (χ0n) is 81.7. The maximum atomic E-state index is 15.3. The smallest absolute Gasteiger partial charge is 0.326 e. The van der Waals surface area contributed by atoms with Crippen molar-refractivity contribution in [3.63, 3.8) is 0 Å². The molecule has 6 aliphatic rings. The molecule has 0 aromatic carbocycles. The van der Waals surface area contributed by atoms with Crippen molar-refractivity contribution >= 4 is 136 Å². The van der Waals surface area contributed by atoms with Crippen LogP contribution < -0.4 is 131 Å². The van der Waals surface area contributed by atoms with Crippen molar-refractivity contribution in [1.82, 2.24) is 114 Å². The van der Waals surface area contributed by atoms with Crippen molar-refractivity contribution in [2.75, 3.05) is 85.1 Å². The second kappa shape index (κ2) is 58.4. The Morgan fingerprint density at radius 1 is 0.305 bits per heavy atom. The topological polar surface area (TPSA) is 880 Å². The lowest BCUT2D eigenvalue weighted by molar-refractivity contribution is -0.148. The van der Waals surface area contributed by atoms with Gasteiger partial charge in [0.05, 0.1) is 6.04 Å². The largest absolute Gasteiger partial charge is 0.480 e. The van der Waals surface area contributed by atoms with Crippen LogP contribution in [0.1, 0.15) is 214 Å². The maximum absolute atomic E-state index is 15.3. The first-order valence-electron chi connectivity index (χ1n) is 49.0. The first-order chi connectivity index (χ1) is 66.8. The summed E-state index contributed by atoms with van der Waals surface area (Å²) >= 11 is 0. The minimum Gasteiger partial charge on any atom is -0.480 e. The summed E-state index contributed by atoms with van der Waals surface area (Å²) in [5, 5.41) is 107. The van der Waals surface area contributed by atoms with Crippen LogP contribution in [0.5, 0.6) is 0 Å². The molecule has 54 heteroatoms. The van der Waals surface area contributed by atoms with Crippen molar-refractivity contribution in [1.29, 1.82) is 37.9 Å². The molecule has 0 radical (unpaired) electrons. The predicted molar refractivity (Wildman–Crippen MR) is 520 cm³/mol. The van der Waals surface area contributed by atoms with Crippen LogP contribution >= 0.6 is 0 Å². The number of carboxylic acids is 1. The van der Waals surface area contributed by atoms with Gasteiger partial charge < -0.3 is 165 Å². The number of guanidine groups is 7. The van der Waals surface area contributed by atoms with Gasteiger partial charge in [-0.15, -0.1) is 0 Å². The number of amides is 15. The van der Waals surface area contributed by atoms with Crippen LogP contribution in [0.15, 0.2) is 0 Å².